The normalized spacial score (nSPS) is 18.2. The Kier molecular flexibility index (Phi) is 4.53. The maximum Gasteiger partial charge on any atom is 0.493 e. The summed E-state index contributed by atoms with van der Waals surface area (Å²) in [7, 11) is 0.178. The smallest absolute Gasteiger partial charge is 0.465 e. The fourth-order valence-electron chi connectivity index (χ4n) is 2.07. The first-order valence-electron chi connectivity index (χ1n) is 6.66. The van der Waals surface area contributed by atoms with Crippen LogP contribution in [-0.4, -0.2) is 33.4 Å². The van der Waals surface area contributed by atoms with Crippen LogP contribution in [0.15, 0.2) is 18.2 Å². The summed E-state index contributed by atoms with van der Waals surface area (Å²) in [6, 6.07) is 2.97. The van der Waals surface area contributed by atoms with Crippen molar-refractivity contribution in [3.63, 3.8) is 0 Å². The van der Waals surface area contributed by atoms with E-state index in [1.165, 1.54) is 6.07 Å². The predicted octanol–water partition coefficient (Wildman–Crippen LogP) is 2.26. The van der Waals surface area contributed by atoms with Gasteiger partial charge in [0, 0.05) is 18.6 Å². The van der Waals surface area contributed by atoms with Gasteiger partial charge < -0.3 is 14.0 Å². The highest BCUT2D eigenvalue weighted by atomic mass is 19.4. The Bertz CT molecular complexity index is 562. The van der Waals surface area contributed by atoms with E-state index in [0.29, 0.717) is 13.2 Å². The Labute approximate surface area is 126 Å². The van der Waals surface area contributed by atoms with Crippen molar-refractivity contribution in [2.24, 2.45) is 5.41 Å². The van der Waals surface area contributed by atoms with Crippen molar-refractivity contribution < 1.29 is 32.0 Å². The SMILES string of the molecule is COC(=O)c1cc(B2OCC(C)(C)CO2)cc(C(F)(F)F)c1. The number of halogens is 3. The monoisotopic (exact) mass is 316 g/mol. The van der Waals surface area contributed by atoms with Gasteiger partial charge in [-0.25, -0.2) is 4.79 Å². The van der Waals surface area contributed by atoms with Crippen LogP contribution in [0.4, 0.5) is 13.2 Å². The largest absolute Gasteiger partial charge is 0.493 e. The summed E-state index contributed by atoms with van der Waals surface area (Å²) < 4.78 is 54.4. The molecule has 1 aliphatic heterocycles. The molecular formula is C14H16BF3O4. The first-order chi connectivity index (χ1) is 10.1. The molecule has 0 unspecified atom stereocenters. The standard InChI is InChI=1S/C14H16BF3O4/c1-13(2)7-21-15(22-8-13)11-5-9(12(19)20-3)4-10(6-11)14(16,17)18/h4-6H,7-8H2,1-3H3. The summed E-state index contributed by atoms with van der Waals surface area (Å²) in [4.78, 5) is 11.6. The third-order valence-corrected chi connectivity index (χ3v) is 3.23. The summed E-state index contributed by atoms with van der Waals surface area (Å²) in [5.74, 6) is -0.844. The van der Waals surface area contributed by atoms with Crippen LogP contribution in [0.5, 0.6) is 0 Å². The van der Waals surface area contributed by atoms with E-state index < -0.39 is 24.8 Å². The minimum Gasteiger partial charge on any atom is -0.465 e. The molecule has 2 rings (SSSR count). The van der Waals surface area contributed by atoms with Crippen LogP contribution >= 0.6 is 0 Å². The Morgan fingerprint density at radius 2 is 1.82 bits per heavy atom. The number of carbonyl (C=O) groups excluding carboxylic acids is 1. The van der Waals surface area contributed by atoms with Crippen LogP contribution < -0.4 is 5.46 Å². The fourth-order valence-corrected chi connectivity index (χ4v) is 2.07. The van der Waals surface area contributed by atoms with E-state index in [2.05, 4.69) is 4.74 Å². The summed E-state index contributed by atoms with van der Waals surface area (Å²) in [6.07, 6.45) is -4.58. The lowest BCUT2D eigenvalue weighted by Crippen LogP contribution is -2.47. The number of esters is 1. The van der Waals surface area contributed by atoms with Gasteiger partial charge in [-0.1, -0.05) is 19.9 Å². The van der Waals surface area contributed by atoms with Crippen molar-refractivity contribution in [2.75, 3.05) is 20.3 Å². The molecule has 1 aliphatic rings. The van der Waals surface area contributed by atoms with Crippen LogP contribution in [0.25, 0.3) is 0 Å². The Balaban J connectivity index is 2.36. The van der Waals surface area contributed by atoms with Crippen molar-refractivity contribution >= 4 is 18.6 Å². The number of rotatable bonds is 2. The Morgan fingerprint density at radius 1 is 1.23 bits per heavy atom. The summed E-state index contributed by atoms with van der Waals surface area (Å²) in [5.41, 5.74) is -1.19. The molecule has 0 amide bonds. The highest BCUT2D eigenvalue weighted by Crippen LogP contribution is 2.30. The molecule has 8 heteroatoms. The minimum absolute atomic E-state index is 0.144. The zero-order valence-electron chi connectivity index (χ0n) is 12.5. The molecule has 1 heterocycles. The van der Waals surface area contributed by atoms with Crippen molar-refractivity contribution in [1.82, 2.24) is 0 Å². The minimum atomic E-state index is -4.58. The third-order valence-electron chi connectivity index (χ3n) is 3.23. The summed E-state index contributed by atoms with van der Waals surface area (Å²) in [6.45, 7) is 4.55. The molecule has 1 aromatic rings. The van der Waals surface area contributed by atoms with Gasteiger partial charge in [0.1, 0.15) is 0 Å². The number of methoxy groups -OCH3 is 1. The average molecular weight is 316 g/mol. The number of hydrogen-bond donors (Lipinski definition) is 0. The molecule has 22 heavy (non-hydrogen) atoms. The molecular weight excluding hydrogens is 300 g/mol. The molecule has 0 bridgehead atoms. The van der Waals surface area contributed by atoms with E-state index in [0.717, 1.165) is 19.2 Å². The van der Waals surface area contributed by atoms with E-state index in [4.69, 9.17) is 9.31 Å². The van der Waals surface area contributed by atoms with Crippen LogP contribution in [0.3, 0.4) is 0 Å². The molecule has 0 saturated carbocycles. The lowest BCUT2D eigenvalue weighted by Gasteiger charge is -2.33. The molecule has 0 N–H and O–H groups in total. The highest BCUT2D eigenvalue weighted by Gasteiger charge is 2.37. The van der Waals surface area contributed by atoms with Gasteiger partial charge in [-0.05, 0) is 17.6 Å². The Hall–Kier alpha value is -1.54. The van der Waals surface area contributed by atoms with Crippen LogP contribution in [-0.2, 0) is 20.2 Å². The van der Waals surface area contributed by atoms with Gasteiger partial charge >= 0.3 is 19.3 Å². The topological polar surface area (TPSA) is 44.8 Å². The maximum absolute atomic E-state index is 13.0. The molecule has 0 radical (unpaired) electrons. The number of alkyl halides is 3. The predicted molar refractivity (Wildman–Crippen MR) is 73.9 cm³/mol. The summed E-state index contributed by atoms with van der Waals surface area (Å²) >= 11 is 0. The molecule has 1 saturated heterocycles. The zero-order chi connectivity index (χ0) is 16.5. The Morgan fingerprint density at radius 3 is 2.32 bits per heavy atom. The van der Waals surface area contributed by atoms with Gasteiger partial charge in [-0.3, -0.25) is 0 Å². The van der Waals surface area contributed by atoms with Gasteiger partial charge in [0.15, 0.2) is 0 Å². The number of benzene rings is 1. The van der Waals surface area contributed by atoms with Crippen molar-refractivity contribution in [1.29, 1.82) is 0 Å². The first-order valence-corrected chi connectivity index (χ1v) is 6.66. The van der Waals surface area contributed by atoms with Crippen LogP contribution in [0.2, 0.25) is 0 Å². The van der Waals surface area contributed by atoms with E-state index in [1.54, 1.807) is 0 Å². The number of carbonyl (C=O) groups is 1. The van der Waals surface area contributed by atoms with E-state index in [9.17, 15) is 18.0 Å². The molecule has 0 aliphatic carbocycles. The van der Waals surface area contributed by atoms with E-state index >= 15 is 0 Å². The third kappa shape index (κ3) is 3.81. The molecule has 120 valence electrons. The molecule has 1 aromatic carbocycles. The molecule has 4 nitrogen and oxygen atoms in total. The lowest BCUT2D eigenvalue weighted by atomic mass is 9.74. The van der Waals surface area contributed by atoms with Crippen molar-refractivity contribution in [2.45, 2.75) is 20.0 Å². The van der Waals surface area contributed by atoms with E-state index in [-0.39, 0.29) is 16.4 Å². The highest BCUT2D eigenvalue weighted by molar-refractivity contribution is 6.61. The fraction of sp³-hybridized carbons (Fsp3) is 0.500. The first kappa shape index (κ1) is 16.8. The van der Waals surface area contributed by atoms with E-state index in [1.807, 2.05) is 13.8 Å². The summed E-state index contributed by atoms with van der Waals surface area (Å²) in [5, 5.41) is 0. The maximum atomic E-state index is 13.0. The van der Waals surface area contributed by atoms with Gasteiger partial charge in [0.25, 0.3) is 0 Å². The van der Waals surface area contributed by atoms with Crippen LogP contribution in [0.1, 0.15) is 29.8 Å². The second-order valence-electron chi connectivity index (χ2n) is 5.95. The molecule has 0 aromatic heterocycles. The van der Waals surface area contributed by atoms with Gasteiger partial charge in [-0.2, -0.15) is 13.2 Å². The number of ether oxygens (including phenoxy) is 1. The second-order valence-corrected chi connectivity index (χ2v) is 5.95. The second kappa shape index (κ2) is 5.93. The number of hydrogen-bond acceptors (Lipinski definition) is 4. The van der Waals surface area contributed by atoms with Gasteiger partial charge in [0.05, 0.1) is 18.2 Å². The lowest BCUT2D eigenvalue weighted by molar-refractivity contribution is -0.137. The molecule has 0 atom stereocenters. The average Bonchev–Trinajstić information content (AvgIpc) is 2.45. The van der Waals surface area contributed by atoms with Crippen LogP contribution in [0, 0.1) is 5.41 Å². The quantitative estimate of drug-likeness (QED) is 0.620. The zero-order valence-corrected chi connectivity index (χ0v) is 12.5. The molecule has 1 fully saturated rings. The van der Waals surface area contributed by atoms with Crippen molar-refractivity contribution in [3.05, 3.63) is 29.3 Å². The van der Waals surface area contributed by atoms with Gasteiger partial charge in [-0.15, -0.1) is 0 Å². The van der Waals surface area contributed by atoms with Crippen molar-refractivity contribution in [3.8, 4) is 0 Å². The molecule has 0 spiro atoms. The van der Waals surface area contributed by atoms with Gasteiger partial charge in [0.2, 0.25) is 0 Å².